The molecule has 20 heavy (non-hydrogen) atoms. The lowest BCUT2D eigenvalue weighted by Gasteiger charge is -2.16. The van der Waals surface area contributed by atoms with E-state index >= 15 is 0 Å². The fourth-order valence-corrected chi connectivity index (χ4v) is 1.97. The average Bonchev–Trinajstić information content (AvgIpc) is 2.86. The summed E-state index contributed by atoms with van der Waals surface area (Å²) in [4.78, 5) is 16.5. The van der Waals surface area contributed by atoms with Crippen LogP contribution in [0.3, 0.4) is 0 Å². The summed E-state index contributed by atoms with van der Waals surface area (Å²) in [6, 6.07) is 7.50. The van der Waals surface area contributed by atoms with Gasteiger partial charge in [0.1, 0.15) is 23.9 Å². The van der Waals surface area contributed by atoms with Crippen molar-refractivity contribution < 1.29 is 13.9 Å². The number of carbonyl (C=O) groups excluding carboxylic acids is 1. The molecule has 0 fully saturated rings. The topological polar surface area (TPSA) is 45.3 Å². The van der Waals surface area contributed by atoms with Crippen LogP contribution in [0.15, 0.2) is 41.0 Å². The summed E-state index contributed by atoms with van der Waals surface area (Å²) < 4.78 is 19.0. The van der Waals surface area contributed by atoms with Gasteiger partial charge in [0, 0.05) is 17.7 Å². The molecule has 4 nitrogen and oxygen atoms in total. The number of benzene rings is 1. The first-order valence-electron chi connectivity index (χ1n) is 6.04. The Kier molecular flexibility index (Phi) is 4.79. The third-order valence-corrected chi connectivity index (χ3v) is 3.19. The number of hydrogen-bond acceptors (Lipinski definition) is 2. The van der Waals surface area contributed by atoms with Crippen LogP contribution in [0.1, 0.15) is 10.5 Å². The van der Waals surface area contributed by atoms with Crippen LogP contribution in [0.2, 0.25) is 0 Å². The molecule has 0 aliphatic heterocycles. The Bertz CT molecular complexity index is 583. The number of aromatic nitrogens is 1. The highest BCUT2D eigenvalue weighted by atomic mass is 79.9. The lowest BCUT2D eigenvalue weighted by molar-refractivity contribution is 0.0768. The van der Waals surface area contributed by atoms with Crippen LogP contribution in [0.5, 0.6) is 5.75 Å². The maximum atomic E-state index is 12.7. The normalized spacial score (nSPS) is 10.3. The molecule has 0 atom stereocenters. The molecule has 1 aromatic heterocycles. The maximum Gasteiger partial charge on any atom is 0.270 e. The minimum atomic E-state index is -0.304. The average molecular weight is 341 g/mol. The lowest BCUT2D eigenvalue weighted by atomic mass is 10.3. The molecule has 0 aliphatic rings. The maximum absolute atomic E-state index is 12.7. The van der Waals surface area contributed by atoms with Gasteiger partial charge < -0.3 is 14.6 Å². The van der Waals surface area contributed by atoms with E-state index in [1.807, 2.05) is 0 Å². The molecule has 1 amide bonds. The minimum absolute atomic E-state index is 0.113. The zero-order valence-electron chi connectivity index (χ0n) is 10.9. The molecule has 2 rings (SSSR count). The van der Waals surface area contributed by atoms with Crippen molar-refractivity contribution in [2.45, 2.75) is 0 Å². The SMILES string of the molecule is CN(CCOc1ccc(F)cc1)C(=O)c1cc(Br)c[nH]1. The van der Waals surface area contributed by atoms with E-state index in [-0.39, 0.29) is 11.7 Å². The molecule has 0 bridgehead atoms. The van der Waals surface area contributed by atoms with Crippen LogP contribution in [0.4, 0.5) is 4.39 Å². The van der Waals surface area contributed by atoms with Crippen LogP contribution >= 0.6 is 15.9 Å². The van der Waals surface area contributed by atoms with Crippen molar-refractivity contribution in [2.24, 2.45) is 0 Å². The lowest BCUT2D eigenvalue weighted by Crippen LogP contribution is -2.31. The first kappa shape index (κ1) is 14.6. The monoisotopic (exact) mass is 340 g/mol. The summed E-state index contributed by atoms with van der Waals surface area (Å²) in [7, 11) is 1.70. The Hall–Kier alpha value is -1.82. The molecule has 0 unspecified atom stereocenters. The van der Waals surface area contributed by atoms with Crippen molar-refractivity contribution in [1.29, 1.82) is 0 Å². The van der Waals surface area contributed by atoms with Gasteiger partial charge in [0.05, 0.1) is 6.54 Å². The summed E-state index contributed by atoms with van der Waals surface area (Å²) in [5.41, 5.74) is 0.515. The highest BCUT2D eigenvalue weighted by Crippen LogP contribution is 2.13. The van der Waals surface area contributed by atoms with Gasteiger partial charge in [-0.3, -0.25) is 4.79 Å². The fraction of sp³-hybridized carbons (Fsp3) is 0.214. The first-order valence-corrected chi connectivity index (χ1v) is 6.83. The van der Waals surface area contributed by atoms with E-state index in [1.54, 1.807) is 36.3 Å². The molecule has 6 heteroatoms. The highest BCUT2D eigenvalue weighted by Gasteiger charge is 2.13. The number of amides is 1. The van der Waals surface area contributed by atoms with E-state index in [4.69, 9.17) is 4.74 Å². The molecule has 1 aromatic carbocycles. The molecule has 0 radical (unpaired) electrons. The van der Waals surface area contributed by atoms with E-state index in [0.29, 0.717) is 24.6 Å². The van der Waals surface area contributed by atoms with Crippen molar-refractivity contribution in [3.63, 3.8) is 0 Å². The van der Waals surface area contributed by atoms with E-state index in [0.717, 1.165) is 4.47 Å². The molecular formula is C14H14BrFN2O2. The number of hydrogen-bond donors (Lipinski definition) is 1. The number of H-pyrrole nitrogens is 1. The summed E-state index contributed by atoms with van der Waals surface area (Å²) >= 11 is 3.28. The summed E-state index contributed by atoms with van der Waals surface area (Å²) in [6.45, 7) is 0.780. The number of nitrogens with one attached hydrogen (secondary N) is 1. The van der Waals surface area contributed by atoms with Gasteiger partial charge >= 0.3 is 0 Å². The number of aromatic amines is 1. The molecule has 2 aromatic rings. The number of rotatable bonds is 5. The second-order valence-corrected chi connectivity index (χ2v) is 5.18. The number of nitrogens with zero attached hydrogens (tertiary/aromatic N) is 1. The largest absolute Gasteiger partial charge is 0.492 e. The van der Waals surface area contributed by atoms with E-state index in [2.05, 4.69) is 20.9 Å². The van der Waals surface area contributed by atoms with Gasteiger partial charge in [-0.1, -0.05) is 0 Å². The number of likely N-dealkylation sites (N-methyl/N-ethyl adjacent to an activating group) is 1. The van der Waals surface area contributed by atoms with Crippen molar-refractivity contribution in [3.8, 4) is 5.75 Å². The molecule has 1 heterocycles. The van der Waals surface area contributed by atoms with Crippen LogP contribution in [0, 0.1) is 5.82 Å². The van der Waals surface area contributed by atoms with Gasteiger partial charge in [-0.15, -0.1) is 0 Å². The van der Waals surface area contributed by atoms with Crippen LogP contribution in [-0.4, -0.2) is 36.0 Å². The van der Waals surface area contributed by atoms with Crippen LogP contribution in [-0.2, 0) is 0 Å². The quantitative estimate of drug-likeness (QED) is 0.909. The Morgan fingerprint density at radius 2 is 2.10 bits per heavy atom. The van der Waals surface area contributed by atoms with Crippen molar-refractivity contribution in [3.05, 3.63) is 52.5 Å². The van der Waals surface area contributed by atoms with E-state index < -0.39 is 0 Å². The van der Waals surface area contributed by atoms with Gasteiger partial charge in [0.25, 0.3) is 5.91 Å². The van der Waals surface area contributed by atoms with Crippen molar-refractivity contribution in [2.75, 3.05) is 20.2 Å². The standard InChI is InChI=1S/C14H14BrFN2O2/c1-18(14(19)13-8-10(15)9-17-13)6-7-20-12-4-2-11(16)3-5-12/h2-5,8-9,17H,6-7H2,1H3. The van der Waals surface area contributed by atoms with Crippen LogP contribution < -0.4 is 4.74 Å². The van der Waals surface area contributed by atoms with Gasteiger partial charge in [-0.05, 0) is 46.3 Å². The third kappa shape index (κ3) is 3.84. The predicted molar refractivity (Wildman–Crippen MR) is 77.3 cm³/mol. The Labute approximate surface area is 124 Å². The number of carbonyl (C=O) groups is 1. The zero-order valence-corrected chi connectivity index (χ0v) is 12.5. The minimum Gasteiger partial charge on any atom is -0.492 e. The molecule has 0 spiro atoms. The van der Waals surface area contributed by atoms with Crippen molar-refractivity contribution >= 4 is 21.8 Å². The summed E-state index contributed by atoms with van der Waals surface area (Å²) in [5, 5.41) is 0. The summed E-state index contributed by atoms with van der Waals surface area (Å²) in [6.07, 6.45) is 1.70. The Morgan fingerprint density at radius 1 is 1.40 bits per heavy atom. The summed E-state index contributed by atoms with van der Waals surface area (Å²) in [5.74, 6) is 0.162. The van der Waals surface area contributed by atoms with Gasteiger partial charge in [-0.25, -0.2) is 4.39 Å². The van der Waals surface area contributed by atoms with E-state index in [9.17, 15) is 9.18 Å². The first-order chi connectivity index (χ1) is 9.56. The Balaban J connectivity index is 1.81. The number of ether oxygens (including phenoxy) is 1. The third-order valence-electron chi connectivity index (χ3n) is 2.73. The number of halogens is 2. The molecule has 106 valence electrons. The van der Waals surface area contributed by atoms with Crippen LogP contribution in [0.25, 0.3) is 0 Å². The highest BCUT2D eigenvalue weighted by molar-refractivity contribution is 9.10. The second kappa shape index (κ2) is 6.56. The second-order valence-electron chi connectivity index (χ2n) is 4.26. The molecule has 0 saturated heterocycles. The molecule has 1 N–H and O–H groups in total. The van der Waals surface area contributed by atoms with Gasteiger partial charge in [0.15, 0.2) is 0 Å². The zero-order chi connectivity index (χ0) is 14.5. The smallest absolute Gasteiger partial charge is 0.270 e. The fourth-order valence-electron chi connectivity index (χ4n) is 1.63. The molecular weight excluding hydrogens is 327 g/mol. The van der Waals surface area contributed by atoms with E-state index in [1.165, 1.54) is 12.1 Å². The molecule has 0 saturated carbocycles. The molecule has 0 aliphatic carbocycles. The van der Waals surface area contributed by atoms with Gasteiger partial charge in [0.2, 0.25) is 0 Å². The van der Waals surface area contributed by atoms with Crippen molar-refractivity contribution in [1.82, 2.24) is 9.88 Å². The Morgan fingerprint density at radius 3 is 2.70 bits per heavy atom. The van der Waals surface area contributed by atoms with Gasteiger partial charge in [-0.2, -0.15) is 0 Å². The predicted octanol–water partition coefficient (Wildman–Crippen LogP) is 3.07.